The zero-order valence-electron chi connectivity index (χ0n) is 10.5. The van der Waals surface area contributed by atoms with E-state index in [0.29, 0.717) is 17.7 Å². The third-order valence-corrected chi connectivity index (χ3v) is 3.77. The van der Waals surface area contributed by atoms with Crippen molar-refractivity contribution in [1.82, 2.24) is 4.90 Å². The summed E-state index contributed by atoms with van der Waals surface area (Å²) >= 11 is 0. The smallest absolute Gasteiger partial charge is 0.115 e. The monoisotopic (exact) mass is 234 g/mol. The van der Waals surface area contributed by atoms with Crippen molar-refractivity contribution in [3.05, 3.63) is 29.8 Å². The van der Waals surface area contributed by atoms with Crippen molar-refractivity contribution in [3.63, 3.8) is 0 Å². The average molecular weight is 234 g/mol. The second kappa shape index (κ2) is 5.52. The predicted molar refractivity (Wildman–Crippen MR) is 69.8 cm³/mol. The van der Waals surface area contributed by atoms with E-state index in [1.165, 1.54) is 12.8 Å². The van der Waals surface area contributed by atoms with Crippen LogP contribution in [0, 0.1) is 5.92 Å². The standard InChI is InChI=1S/C14H22N2O/c1-11-4-3-7-16(14(11)9-15)10-12-5-2-6-13(17)8-12/h2,5-6,8,11,14,17H,3-4,7,9-10,15H2,1H3. The SMILES string of the molecule is CC1CCCN(Cc2cccc(O)c2)C1CN. The molecule has 0 spiro atoms. The molecule has 2 atom stereocenters. The number of rotatable bonds is 3. The molecule has 3 nitrogen and oxygen atoms in total. The Bertz CT molecular complexity index is 367. The van der Waals surface area contributed by atoms with Gasteiger partial charge in [0.2, 0.25) is 0 Å². The minimum atomic E-state index is 0.344. The Kier molecular flexibility index (Phi) is 4.02. The van der Waals surface area contributed by atoms with E-state index in [4.69, 9.17) is 5.73 Å². The van der Waals surface area contributed by atoms with Crippen molar-refractivity contribution >= 4 is 0 Å². The van der Waals surface area contributed by atoms with E-state index in [1.54, 1.807) is 6.07 Å². The van der Waals surface area contributed by atoms with Gasteiger partial charge in [-0.2, -0.15) is 0 Å². The van der Waals surface area contributed by atoms with Gasteiger partial charge in [-0.15, -0.1) is 0 Å². The zero-order chi connectivity index (χ0) is 12.3. The molecule has 1 saturated heterocycles. The van der Waals surface area contributed by atoms with Gasteiger partial charge in [-0.1, -0.05) is 19.1 Å². The molecular weight excluding hydrogens is 212 g/mol. The number of likely N-dealkylation sites (tertiary alicyclic amines) is 1. The van der Waals surface area contributed by atoms with Crippen LogP contribution in [-0.4, -0.2) is 29.1 Å². The Morgan fingerprint density at radius 2 is 2.29 bits per heavy atom. The molecule has 0 saturated carbocycles. The number of phenolic OH excluding ortho intramolecular Hbond substituents is 1. The Morgan fingerprint density at radius 3 is 3.00 bits per heavy atom. The Balaban J connectivity index is 2.06. The molecule has 0 aliphatic carbocycles. The molecule has 1 aromatic rings. The first-order valence-electron chi connectivity index (χ1n) is 6.42. The second-order valence-electron chi connectivity index (χ2n) is 5.06. The summed E-state index contributed by atoms with van der Waals surface area (Å²) in [4.78, 5) is 2.45. The maximum atomic E-state index is 9.47. The Hall–Kier alpha value is -1.06. The lowest BCUT2D eigenvalue weighted by Gasteiger charge is -2.39. The predicted octanol–water partition coefficient (Wildman–Crippen LogP) is 1.95. The summed E-state index contributed by atoms with van der Waals surface area (Å²) in [5.74, 6) is 1.02. The van der Waals surface area contributed by atoms with Gasteiger partial charge in [-0.25, -0.2) is 0 Å². The summed E-state index contributed by atoms with van der Waals surface area (Å²) in [5.41, 5.74) is 7.04. The number of hydrogen-bond donors (Lipinski definition) is 2. The van der Waals surface area contributed by atoms with Crippen molar-refractivity contribution < 1.29 is 5.11 Å². The van der Waals surface area contributed by atoms with Crippen LogP contribution in [0.25, 0.3) is 0 Å². The van der Waals surface area contributed by atoms with Crippen LogP contribution in [-0.2, 0) is 6.54 Å². The minimum absolute atomic E-state index is 0.344. The van der Waals surface area contributed by atoms with E-state index in [-0.39, 0.29) is 0 Å². The maximum absolute atomic E-state index is 9.47. The van der Waals surface area contributed by atoms with E-state index in [1.807, 2.05) is 12.1 Å². The van der Waals surface area contributed by atoms with E-state index in [0.717, 1.165) is 25.2 Å². The van der Waals surface area contributed by atoms with Crippen LogP contribution in [0.15, 0.2) is 24.3 Å². The number of phenols is 1. The first kappa shape index (κ1) is 12.4. The van der Waals surface area contributed by atoms with Crippen molar-refractivity contribution in [2.45, 2.75) is 32.4 Å². The number of benzene rings is 1. The summed E-state index contributed by atoms with van der Waals surface area (Å²) in [6, 6.07) is 7.99. The average Bonchev–Trinajstić information content (AvgIpc) is 2.29. The molecule has 3 heteroatoms. The van der Waals surface area contributed by atoms with Crippen LogP contribution < -0.4 is 5.73 Å². The molecule has 2 unspecified atom stereocenters. The van der Waals surface area contributed by atoms with E-state index in [9.17, 15) is 5.11 Å². The lowest BCUT2D eigenvalue weighted by atomic mass is 9.90. The molecule has 1 heterocycles. The highest BCUT2D eigenvalue weighted by Crippen LogP contribution is 2.24. The van der Waals surface area contributed by atoms with E-state index >= 15 is 0 Å². The quantitative estimate of drug-likeness (QED) is 0.840. The molecule has 3 N–H and O–H groups in total. The number of aromatic hydroxyl groups is 1. The van der Waals surface area contributed by atoms with Gasteiger partial charge in [0.1, 0.15) is 5.75 Å². The molecule has 0 radical (unpaired) electrons. The number of hydrogen-bond acceptors (Lipinski definition) is 3. The molecule has 1 aliphatic rings. The summed E-state index contributed by atoms with van der Waals surface area (Å²) in [6.45, 7) is 5.01. The highest BCUT2D eigenvalue weighted by Gasteiger charge is 2.27. The van der Waals surface area contributed by atoms with Crippen molar-refractivity contribution in [3.8, 4) is 5.75 Å². The molecule has 17 heavy (non-hydrogen) atoms. The van der Waals surface area contributed by atoms with Gasteiger partial charge in [0.25, 0.3) is 0 Å². The number of piperidine rings is 1. The summed E-state index contributed by atoms with van der Waals surface area (Å²) in [7, 11) is 0. The van der Waals surface area contributed by atoms with Crippen LogP contribution in [0.1, 0.15) is 25.3 Å². The Morgan fingerprint density at radius 1 is 1.47 bits per heavy atom. The summed E-state index contributed by atoms with van der Waals surface area (Å²) in [5, 5.41) is 9.47. The van der Waals surface area contributed by atoms with Gasteiger partial charge in [0.15, 0.2) is 0 Å². The van der Waals surface area contributed by atoms with Gasteiger partial charge in [-0.3, -0.25) is 4.90 Å². The van der Waals surface area contributed by atoms with Crippen LogP contribution in [0.4, 0.5) is 0 Å². The molecule has 0 amide bonds. The highest BCUT2D eigenvalue weighted by molar-refractivity contribution is 5.27. The molecule has 2 rings (SSSR count). The van der Waals surface area contributed by atoms with Gasteiger partial charge in [0.05, 0.1) is 0 Å². The third kappa shape index (κ3) is 2.99. The third-order valence-electron chi connectivity index (χ3n) is 3.77. The second-order valence-corrected chi connectivity index (χ2v) is 5.06. The van der Waals surface area contributed by atoms with E-state index in [2.05, 4.69) is 17.9 Å². The Labute approximate surface area is 103 Å². The zero-order valence-corrected chi connectivity index (χ0v) is 10.5. The first-order valence-corrected chi connectivity index (χ1v) is 6.42. The van der Waals surface area contributed by atoms with Crippen molar-refractivity contribution in [1.29, 1.82) is 0 Å². The van der Waals surface area contributed by atoms with E-state index < -0.39 is 0 Å². The van der Waals surface area contributed by atoms with Crippen molar-refractivity contribution in [2.75, 3.05) is 13.1 Å². The molecule has 1 aliphatic heterocycles. The molecule has 0 aromatic heterocycles. The molecule has 94 valence electrons. The van der Waals surface area contributed by atoms with Gasteiger partial charge in [-0.05, 0) is 43.0 Å². The number of nitrogens with zero attached hydrogens (tertiary/aromatic N) is 1. The molecule has 1 fully saturated rings. The van der Waals surface area contributed by atoms with Gasteiger partial charge < -0.3 is 10.8 Å². The maximum Gasteiger partial charge on any atom is 0.115 e. The minimum Gasteiger partial charge on any atom is -0.508 e. The van der Waals surface area contributed by atoms with Crippen molar-refractivity contribution in [2.24, 2.45) is 11.7 Å². The van der Waals surface area contributed by atoms with Gasteiger partial charge in [0, 0.05) is 19.1 Å². The molecule has 0 bridgehead atoms. The van der Waals surface area contributed by atoms with Crippen LogP contribution in [0.5, 0.6) is 5.75 Å². The molecule has 1 aromatic carbocycles. The summed E-state index contributed by atoms with van der Waals surface area (Å²) in [6.07, 6.45) is 2.52. The lowest BCUT2D eigenvalue weighted by Crippen LogP contribution is -2.47. The first-order chi connectivity index (χ1) is 8.20. The van der Waals surface area contributed by atoms with Crippen LogP contribution in [0.2, 0.25) is 0 Å². The fourth-order valence-corrected chi connectivity index (χ4v) is 2.80. The van der Waals surface area contributed by atoms with Gasteiger partial charge >= 0.3 is 0 Å². The normalized spacial score (nSPS) is 26.0. The lowest BCUT2D eigenvalue weighted by molar-refractivity contribution is 0.0990. The van der Waals surface area contributed by atoms with Crippen LogP contribution >= 0.6 is 0 Å². The fraction of sp³-hybridized carbons (Fsp3) is 0.571. The highest BCUT2D eigenvalue weighted by atomic mass is 16.3. The number of nitrogens with two attached hydrogens (primary N) is 1. The topological polar surface area (TPSA) is 49.5 Å². The fourth-order valence-electron chi connectivity index (χ4n) is 2.80. The van der Waals surface area contributed by atoms with Crippen LogP contribution in [0.3, 0.4) is 0 Å². The largest absolute Gasteiger partial charge is 0.508 e. The summed E-state index contributed by atoms with van der Waals surface area (Å²) < 4.78 is 0. The molecular formula is C14H22N2O.